The Labute approximate surface area is 147 Å². The maximum absolute atomic E-state index is 13.9. The molecule has 4 nitrogen and oxygen atoms in total. The van der Waals surface area contributed by atoms with Crippen LogP contribution in [0.15, 0.2) is 59.6 Å². The second-order valence-electron chi connectivity index (χ2n) is 5.88. The quantitative estimate of drug-likeness (QED) is 0.695. The zero-order chi connectivity index (χ0) is 18.0. The van der Waals surface area contributed by atoms with Crippen LogP contribution in [0.1, 0.15) is 18.1 Å². The van der Waals surface area contributed by atoms with Gasteiger partial charge in [0.2, 0.25) is 10.0 Å². The van der Waals surface area contributed by atoms with Crippen molar-refractivity contribution in [3.63, 3.8) is 0 Å². The molecule has 0 aliphatic rings. The van der Waals surface area contributed by atoms with Crippen LogP contribution in [0, 0.1) is 12.7 Å². The van der Waals surface area contributed by atoms with E-state index in [4.69, 9.17) is 0 Å². The largest absolute Gasteiger partial charge is 0.256 e. The van der Waals surface area contributed by atoms with E-state index in [0.29, 0.717) is 16.5 Å². The van der Waals surface area contributed by atoms with Gasteiger partial charge in [-0.25, -0.2) is 12.8 Å². The van der Waals surface area contributed by atoms with Gasteiger partial charge in [-0.05, 0) is 42.8 Å². The second-order valence-corrected chi connectivity index (χ2v) is 7.82. The number of benzene rings is 2. The number of hydrogen-bond acceptors (Lipinski definition) is 3. The van der Waals surface area contributed by atoms with Crippen LogP contribution in [0.25, 0.3) is 10.9 Å². The Hall–Kier alpha value is -2.31. The number of aryl methyl sites for hydroxylation is 1. The van der Waals surface area contributed by atoms with Crippen LogP contribution in [0.2, 0.25) is 0 Å². The molecule has 0 aliphatic carbocycles. The van der Waals surface area contributed by atoms with Crippen LogP contribution < -0.4 is 0 Å². The molecule has 0 unspecified atom stereocenters. The molecule has 130 valence electrons. The molecule has 0 spiro atoms. The van der Waals surface area contributed by atoms with E-state index in [0.717, 1.165) is 5.56 Å². The normalized spacial score (nSPS) is 12.0. The third kappa shape index (κ3) is 3.55. The van der Waals surface area contributed by atoms with E-state index in [-0.39, 0.29) is 18.0 Å². The molecule has 0 saturated carbocycles. The minimum Gasteiger partial charge on any atom is -0.256 e. The van der Waals surface area contributed by atoms with Gasteiger partial charge in [0.25, 0.3) is 0 Å². The molecule has 2 aromatic carbocycles. The summed E-state index contributed by atoms with van der Waals surface area (Å²) < 4.78 is 41.1. The average Bonchev–Trinajstić information content (AvgIpc) is 2.59. The smallest absolute Gasteiger partial charge is 0.243 e. The predicted octanol–water partition coefficient (Wildman–Crippen LogP) is 3.89. The standard InChI is InChI=1S/C19H19FN2O2S/c1-3-22(25(23,24)18-8-6-14(2)7-9-18)13-16-12-17(20)11-15-5-4-10-21-19(15)16/h4-12H,3,13H2,1-2H3. The van der Waals surface area contributed by atoms with Crippen molar-refractivity contribution in [2.45, 2.75) is 25.3 Å². The van der Waals surface area contributed by atoms with Crippen molar-refractivity contribution in [1.82, 2.24) is 9.29 Å². The topological polar surface area (TPSA) is 50.3 Å². The third-order valence-corrected chi connectivity index (χ3v) is 6.04. The summed E-state index contributed by atoms with van der Waals surface area (Å²) in [4.78, 5) is 4.52. The Morgan fingerprint density at radius 1 is 1.12 bits per heavy atom. The summed E-state index contributed by atoms with van der Waals surface area (Å²) in [5, 5.41) is 0.654. The van der Waals surface area contributed by atoms with Crippen molar-refractivity contribution >= 4 is 20.9 Å². The molecule has 0 amide bonds. The number of pyridine rings is 1. The second kappa shape index (κ2) is 6.90. The van der Waals surface area contributed by atoms with Gasteiger partial charge in [0.1, 0.15) is 5.82 Å². The van der Waals surface area contributed by atoms with Gasteiger partial charge in [-0.2, -0.15) is 4.31 Å². The van der Waals surface area contributed by atoms with Crippen LogP contribution in [-0.4, -0.2) is 24.3 Å². The number of nitrogens with zero attached hydrogens (tertiary/aromatic N) is 2. The Bertz CT molecular complexity index is 1000. The minimum absolute atomic E-state index is 0.0674. The van der Waals surface area contributed by atoms with E-state index < -0.39 is 15.8 Å². The summed E-state index contributed by atoms with van der Waals surface area (Å²) in [5.41, 5.74) is 2.15. The summed E-state index contributed by atoms with van der Waals surface area (Å²) >= 11 is 0. The zero-order valence-electron chi connectivity index (χ0n) is 14.1. The molecule has 0 bridgehead atoms. The van der Waals surface area contributed by atoms with Crippen molar-refractivity contribution in [3.05, 3.63) is 71.7 Å². The van der Waals surface area contributed by atoms with Crippen molar-refractivity contribution in [2.75, 3.05) is 6.54 Å². The molecule has 3 aromatic rings. The predicted molar refractivity (Wildman–Crippen MR) is 96.1 cm³/mol. The van der Waals surface area contributed by atoms with Crippen LogP contribution in [0.4, 0.5) is 4.39 Å². The Balaban J connectivity index is 2.02. The fourth-order valence-electron chi connectivity index (χ4n) is 2.76. The molecule has 0 fully saturated rings. The van der Waals surface area contributed by atoms with E-state index in [1.807, 2.05) is 6.92 Å². The van der Waals surface area contributed by atoms with Gasteiger partial charge in [0, 0.05) is 24.7 Å². The van der Waals surface area contributed by atoms with Crippen molar-refractivity contribution in [3.8, 4) is 0 Å². The lowest BCUT2D eigenvalue weighted by atomic mass is 10.1. The third-order valence-electron chi connectivity index (χ3n) is 4.11. The number of hydrogen-bond donors (Lipinski definition) is 0. The molecule has 1 heterocycles. The molecule has 0 N–H and O–H groups in total. The number of rotatable bonds is 5. The minimum atomic E-state index is -3.66. The summed E-state index contributed by atoms with van der Waals surface area (Å²) in [7, 11) is -3.66. The number of aromatic nitrogens is 1. The molecule has 1 aromatic heterocycles. The monoisotopic (exact) mass is 358 g/mol. The molecule has 25 heavy (non-hydrogen) atoms. The summed E-state index contributed by atoms with van der Waals surface area (Å²) in [6.45, 7) is 4.01. The summed E-state index contributed by atoms with van der Waals surface area (Å²) in [6.07, 6.45) is 1.62. The fraction of sp³-hybridized carbons (Fsp3) is 0.211. The van der Waals surface area contributed by atoms with E-state index in [1.54, 1.807) is 49.5 Å². The van der Waals surface area contributed by atoms with Crippen LogP contribution in [0.3, 0.4) is 0 Å². The zero-order valence-corrected chi connectivity index (χ0v) is 14.9. The number of fused-ring (bicyclic) bond motifs is 1. The molecule has 0 atom stereocenters. The highest BCUT2D eigenvalue weighted by molar-refractivity contribution is 7.89. The highest BCUT2D eigenvalue weighted by Crippen LogP contribution is 2.23. The van der Waals surface area contributed by atoms with E-state index in [9.17, 15) is 12.8 Å². The van der Waals surface area contributed by atoms with Gasteiger partial charge in [-0.3, -0.25) is 4.98 Å². The molecule has 0 saturated heterocycles. The first kappa shape index (κ1) is 17.5. The molecule has 6 heteroatoms. The van der Waals surface area contributed by atoms with E-state index in [1.165, 1.54) is 16.4 Å². The highest BCUT2D eigenvalue weighted by Gasteiger charge is 2.24. The lowest BCUT2D eigenvalue weighted by molar-refractivity contribution is 0.423. The van der Waals surface area contributed by atoms with E-state index in [2.05, 4.69) is 4.98 Å². The van der Waals surface area contributed by atoms with Crippen molar-refractivity contribution in [2.24, 2.45) is 0 Å². The molecular weight excluding hydrogens is 339 g/mol. The van der Waals surface area contributed by atoms with Gasteiger partial charge in [-0.1, -0.05) is 30.7 Å². The summed E-state index contributed by atoms with van der Waals surface area (Å²) in [5.74, 6) is -0.403. The van der Waals surface area contributed by atoms with E-state index >= 15 is 0 Å². The fourth-order valence-corrected chi connectivity index (χ4v) is 4.19. The Kier molecular flexibility index (Phi) is 4.83. The maximum Gasteiger partial charge on any atom is 0.243 e. The van der Waals surface area contributed by atoms with Gasteiger partial charge in [0.15, 0.2) is 0 Å². The SMILES string of the molecule is CCN(Cc1cc(F)cc2cccnc12)S(=O)(=O)c1ccc(C)cc1. The molecule has 3 rings (SSSR count). The average molecular weight is 358 g/mol. The van der Waals surface area contributed by atoms with Gasteiger partial charge < -0.3 is 0 Å². The lowest BCUT2D eigenvalue weighted by Crippen LogP contribution is -2.30. The first-order chi connectivity index (χ1) is 11.9. The summed E-state index contributed by atoms with van der Waals surface area (Å²) in [6, 6.07) is 13.0. The van der Waals surface area contributed by atoms with Gasteiger partial charge >= 0.3 is 0 Å². The van der Waals surface area contributed by atoms with Crippen molar-refractivity contribution in [1.29, 1.82) is 0 Å². The van der Waals surface area contributed by atoms with Crippen LogP contribution >= 0.6 is 0 Å². The number of sulfonamides is 1. The van der Waals surface area contributed by atoms with Crippen molar-refractivity contribution < 1.29 is 12.8 Å². The molecule has 0 radical (unpaired) electrons. The molecular formula is C19H19FN2O2S. The van der Waals surface area contributed by atoms with Gasteiger partial charge in [0.05, 0.1) is 10.4 Å². The maximum atomic E-state index is 13.9. The Morgan fingerprint density at radius 3 is 2.52 bits per heavy atom. The highest BCUT2D eigenvalue weighted by atomic mass is 32.2. The first-order valence-electron chi connectivity index (χ1n) is 8.02. The Morgan fingerprint density at radius 2 is 1.84 bits per heavy atom. The van der Waals surface area contributed by atoms with Crippen LogP contribution in [-0.2, 0) is 16.6 Å². The van der Waals surface area contributed by atoms with Crippen LogP contribution in [0.5, 0.6) is 0 Å². The van der Waals surface area contributed by atoms with Gasteiger partial charge in [-0.15, -0.1) is 0 Å². The first-order valence-corrected chi connectivity index (χ1v) is 9.46. The molecule has 0 aliphatic heterocycles. The number of halogens is 1. The lowest BCUT2D eigenvalue weighted by Gasteiger charge is -2.21.